The second-order valence-electron chi connectivity index (χ2n) is 4.89. The van der Waals surface area contributed by atoms with Crippen molar-refractivity contribution < 1.29 is 9.53 Å². The van der Waals surface area contributed by atoms with E-state index in [0.717, 1.165) is 15.9 Å². The second kappa shape index (κ2) is 4.71. The van der Waals surface area contributed by atoms with Crippen molar-refractivity contribution in [3.63, 3.8) is 0 Å². The first-order valence-corrected chi connectivity index (χ1v) is 7.80. The van der Waals surface area contributed by atoms with Crippen molar-refractivity contribution >= 4 is 44.2 Å². The maximum absolute atomic E-state index is 12.7. The standard InChI is InChI=1S/C16H12N2O3S/c1-2-21-16(20)12-13(19)9-7-8-22-15(9)18-11-6-4-3-5-10(11)17-14(12)18/h3-8,17H,2H2,1H3. The minimum atomic E-state index is -0.593. The van der Waals surface area contributed by atoms with E-state index in [1.54, 1.807) is 13.0 Å². The highest BCUT2D eigenvalue weighted by Crippen LogP contribution is 2.26. The van der Waals surface area contributed by atoms with Gasteiger partial charge >= 0.3 is 5.97 Å². The molecule has 110 valence electrons. The van der Waals surface area contributed by atoms with Gasteiger partial charge in [0.25, 0.3) is 0 Å². The number of H-pyrrole nitrogens is 1. The third-order valence-electron chi connectivity index (χ3n) is 3.66. The lowest BCUT2D eigenvalue weighted by Crippen LogP contribution is -2.19. The lowest BCUT2D eigenvalue weighted by molar-refractivity contribution is 0.0527. The Morgan fingerprint density at radius 3 is 2.95 bits per heavy atom. The van der Waals surface area contributed by atoms with Crippen molar-refractivity contribution in [2.24, 2.45) is 0 Å². The summed E-state index contributed by atoms with van der Waals surface area (Å²) in [5, 5.41) is 2.39. The van der Waals surface area contributed by atoms with E-state index in [4.69, 9.17) is 4.74 Å². The number of esters is 1. The van der Waals surface area contributed by atoms with Gasteiger partial charge in [-0.05, 0) is 30.5 Å². The highest BCUT2D eigenvalue weighted by Gasteiger charge is 2.22. The molecule has 0 aliphatic heterocycles. The summed E-state index contributed by atoms with van der Waals surface area (Å²) in [6.07, 6.45) is 0. The molecule has 0 amide bonds. The average molecular weight is 312 g/mol. The lowest BCUT2D eigenvalue weighted by Gasteiger charge is -2.05. The van der Waals surface area contributed by atoms with Crippen molar-refractivity contribution in [1.29, 1.82) is 0 Å². The summed E-state index contributed by atoms with van der Waals surface area (Å²) in [6, 6.07) is 9.46. The zero-order valence-corrected chi connectivity index (χ0v) is 12.6. The molecular weight excluding hydrogens is 300 g/mol. The normalized spacial score (nSPS) is 11.5. The molecule has 0 radical (unpaired) electrons. The highest BCUT2D eigenvalue weighted by molar-refractivity contribution is 7.16. The van der Waals surface area contributed by atoms with E-state index >= 15 is 0 Å². The molecular formula is C16H12N2O3S. The van der Waals surface area contributed by atoms with Crippen LogP contribution in [0.2, 0.25) is 0 Å². The van der Waals surface area contributed by atoms with Gasteiger partial charge in [-0.1, -0.05) is 12.1 Å². The predicted molar refractivity (Wildman–Crippen MR) is 86.9 cm³/mol. The van der Waals surface area contributed by atoms with Crippen LogP contribution < -0.4 is 5.43 Å². The van der Waals surface area contributed by atoms with E-state index < -0.39 is 5.97 Å². The molecule has 1 aromatic carbocycles. The van der Waals surface area contributed by atoms with E-state index in [2.05, 4.69) is 4.98 Å². The van der Waals surface area contributed by atoms with Gasteiger partial charge in [-0.15, -0.1) is 11.3 Å². The first-order chi connectivity index (χ1) is 10.7. The van der Waals surface area contributed by atoms with Crippen molar-refractivity contribution in [1.82, 2.24) is 9.38 Å². The van der Waals surface area contributed by atoms with Gasteiger partial charge in [0.15, 0.2) is 0 Å². The first kappa shape index (κ1) is 13.1. The number of pyridine rings is 1. The Hall–Kier alpha value is -2.60. The van der Waals surface area contributed by atoms with Gasteiger partial charge in [0.05, 0.1) is 23.0 Å². The lowest BCUT2D eigenvalue weighted by atomic mass is 10.2. The smallest absolute Gasteiger partial charge is 0.345 e. The zero-order chi connectivity index (χ0) is 15.3. The van der Waals surface area contributed by atoms with Crippen LogP contribution in [0.15, 0.2) is 40.5 Å². The zero-order valence-electron chi connectivity index (χ0n) is 11.8. The van der Waals surface area contributed by atoms with E-state index in [-0.39, 0.29) is 17.6 Å². The molecule has 4 rings (SSSR count). The summed E-state index contributed by atoms with van der Waals surface area (Å²) in [5.74, 6) is -0.593. The van der Waals surface area contributed by atoms with Crippen LogP contribution in [0, 0.1) is 0 Å². The maximum atomic E-state index is 12.7. The molecule has 6 heteroatoms. The molecule has 3 heterocycles. The van der Waals surface area contributed by atoms with Gasteiger partial charge < -0.3 is 9.72 Å². The van der Waals surface area contributed by atoms with Crippen LogP contribution in [0.3, 0.4) is 0 Å². The summed E-state index contributed by atoms with van der Waals surface area (Å²) in [6.45, 7) is 1.95. The number of imidazole rings is 1. The third-order valence-corrected chi connectivity index (χ3v) is 4.56. The molecule has 1 N–H and O–H groups in total. The number of aromatic nitrogens is 2. The molecule has 0 aliphatic rings. The molecule has 0 bridgehead atoms. The van der Waals surface area contributed by atoms with Crippen molar-refractivity contribution in [2.45, 2.75) is 6.92 Å². The molecule has 0 saturated heterocycles. The third kappa shape index (κ3) is 1.64. The van der Waals surface area contributed by atoms with Crippen LogP contribution in [-0.2, 0) is 4.74 Å². The molecule has 3 aromatic heterocycles. The largest absolute Gasteiger partial charge is 0.462 e. The molecule has 0 saturated carbocycles. The van der Waals surface area contributed by atoms with E-state index in [1.807, 2.05) is 34.0 Å². The van der Waals surface area contributed by atoms with Gasteiger partial charge in [0.2, 0.25) is 5.43 Å². The number of hydrogen-bond acceptors (Lipinski definition) is 4. The van der Waals surface area contributed by atoms with Gasteiger partial charge in [0, 0.05) is 0 Å². The quantitative estimate of drug-likeness (QED) is 0.578. The van der Waals surface area contributed by atoms with Crippen LogP contribution in [0.5, 0.6) is 0 Å². The number of hydrogen-bond donors (Lipinski definition) is 1. The maximum Gasteiger partial charge on any atom is 0.345 e. The number of para-hydroxylation sites is 2. The fourth-order valence-electron chi connectivity index (χ4n) is 2.75. The number of ether oxygens (including phenoxy) is 1. The molecule has 4 aromatic rings. The van der Waals surface area contributed by atoms with Crippen molar-refractivity contribution in [2.75, 3.05) is 6.61 Å². The summed E-state index contributed by atoms with van der Waals surface area (Å²) in [5.41, 5.74) is 2.05. The number of benzene rings is 1. The first-order valence-electron chi connectivity index (χ1n) is 6.92. The van der Waals surface area contributed by atoms with E-state index in [9.17, 15) is 9.59 Å². The van der Waals surface area contributed by atoms with Crippen LogP contribution in [-0.4, -0.2) is 22.0 Å². The minimum Gasteiger partial charge on any atom is -0.462 e. The summed E-state index contributed by atoms with van der Waals surface area (Å²) < 4.78 is 6.99. The summed E-state index contributed by atoms with van der Waals surface area (Å²) in [4.78, 5) is 28.9. The van der Waals surface area contributed by atoms with Crippen molar-refractivity contribution in [3.8, 4) is 0 Å². The van der Waals surface area contributed by atoms with Crippen LogP contribution in [0.25, 0.3) is 26.9 Å². The number of carbonyl (C=O) groups is 1. The van der Waals surface area contributed by atoms with Crippen LogP contribution >= 0.6 is 11.3 Å². The topological polar surface area (TPSA) is 63.6 Å². The molecule has 0 fully saturated rings. The number of fused-ring (bicyclic) bond motifs is 5. The van der Waals surface area contributed by atoms with E-state index in [1.165, 1.54) is 11.3 Å². The predicted octanol–water partition coefficient (Wildman–Crippen LogP) is 3.17. The Morgan fingerprint density at radius 1 is 1.32 bits per heavy atom. The Labute approximate surface area is 128 Å². The monoisotopic (exact) mass is 312 g/mol. The Kier molecular flexibility index (Phi) is 2.80. The number of nitrogens with one attached hydrogen (secondary N) is 1. The van der Waals surface area contributed by atoms with Crippen LogP contribution in [0.1, 0.15) is 17.3 Å². The molecule has 0 atom stereocenters. The molecule has 5 nitrogen and oxygen atoms in total. The summed E-state index contributed by atoms with van der Waals surface area (Å²) >= 11 is 1.48. The number of nitrogens with zero attached hydrogens (tertiary/aromatic N) is 1. The average Bonchev–Trinajstić information content (AvgIpc) is 3.11. The Balaban J connectivity index is 2.28. The van der Waals surface area contributed by atoms with Gasteiger partial charge in [-0.3, -0.25) is 9.20 Å². The number of aromatic amines is 1. The highest BCUT2D eigenvalue weighted by atomic mass is 32.1. The number of thiophene rings is 1. The Bertz CT molecular complexity index is 1090. The Morgan fingerprint density at radius 2 is 2.14 bits per heavy atom. The molecule has 22 heavy (non-hydrogen) atoms. The SMILES string of the molecule is CCOC(=O)c1c(=O)c2ccsc2n2c1[nH]c1ccccc12. The van der Waals surface area contributed by atoms with Gasteiger partial charge in [0.1, 0.15) is 16.0 Å². The molecule has 0 unspecified atom stereocenters. The van der Waals surface area contributed by atoms with Crippen LogP contribution in [0.4, 0.5) is 0 Å². The van der Waals surface area contributed by atoms with Gasteiger partial charge in [-0.2, -0.15) is 0 Å². The molecule has 0 aliphatic carbocycles. The molecule has 0 spiro atoms. The second-order valence-corrected chi connectivity index (χ2v) is 5.78. The van der Waals surface area contributed by atoms with Gasteiger partial charge in [-0.25, -0.2) is 4.79 Å². The fraction of sp³-hybridized carbons (Fsp3) is 0.125. The van der Waals surface area contributed by atoms with E-state index in [0.29, 0.717) is 11.0 Å². The number of carbonyl (C=O) groups excluding carboxylic acids is 1. The number of rotatable bonds is 2. The fourth-order valence-corrected chi connectivity index (χ4v) is 3.66. The summed E-state index contributed by atoms with van der Waals surface area (Å²) in [7, 11) is 0. The van der Waals surface area contributed by atoms with Crippen molar-refractivity contribution in [3.05, 3.63) is 51.5 Å². The minimum absolute atomic E-state index is 0.0592.